The molecule has 1 saturated carbocycles. The van der Waals surface area contributed by atoms with Crippen LogP contribution in [0.5, 0.6) is 11.5 Å². The molecule has 0 unspecified atom stereocenters. The topological polar surface area (TPSA) is 64.8 Å². The van der Waals surface area contributed by atoms with Gasteiger partial charge in [-0.25, -0.2) is 0 Å². The summed E-state index contributed by atoms with van der Waals surface area (Å²) in [4.78, 5) is 14.7. The third kappa shape index (κ3) is 3.78. The number of amides is 1. The second-order valence-electron chi connectivity index (χ2n) is 6.55. The molecule has 0 aromatic heterocycles. The molecule has 1 aromatic carbocycles. The van der Waals surface area contributed by atoms with Crippen molar-refractivity contribution in [2.75, 3.05) is 19.7 Å². The summed E-state index contributed by atoms with van der Waals surface area (Å²) >= 11 is 0. The monoisotopic (exact) mass is 318 g/mol. The van der Waals surface area contributed by atoms with Crippen LogP contribution in [-0.4, -0.2) is 42.6 Å². The van der Waals surface area contributed by atoms with Gasteiger partial charge in [0.15, 0.2) is 17.6 Å². The number of carbonyl (C=O) groups is 1. The lowest BCUT2D eigenvalue weighted by atomic mass is 10.1. The van der Waals surface area contributed by atoms with Gasteiger partial charge in [-0.2, -0.15) is 0 Å². The molecule has 0 saturated heterocycles. The van der Waals surface area contributed by atoms with E-state index >= 15 is 0 Å². The van der Waals surface area contributed by atoms with E-state index in [-0.39, 0.29) is 24.0 Å². The molecule has 0 spiro atoms. The first-order chi connectivity index (χ1) is 11.2. The molecule has 23 heavy (non-hydrogen) atoms. The third-order valence-corrected chi connectivity index (χ3v) is 4.62. The maximum atomic E-state index is 12.8. The van der Waals surface area contributed by atoms with Crippen LogP contribution in [0.3, 0.4) is 0 Å². The fourth-order valence-corrected chi connectivity index (χ4v) is 3.46. The first kappa shape index (κ1) is 16.1. The Kier molecular flexibility index (Phi) is 5.06. The van der Waals surface area contributed by atoms with Crippen LogP contribution in [0, 0.1) is 5.92 Å². The predicted molar refractivity (Wildman–Crippen MR) is 88.5 cm³/mol. The molecular weight excluding hydrogens is 292 g/mol. The molecule has 3 rings (SSSR count). The first-order valence-corrected chi connectivity index (χ1v) is 8.60. The van der Waals surface area contributed by atoms with Gasteiger partial charge in [0.05, 0.1) is 6.54 Å². The maximum Gasteiger partial charge on any atom is 0.225 e. The molecule has 0 radical (unpaired) electrons. The van der Waals surface area contributed by atoms with Crippen molar-refractivity contribution in [3.8, 4) is 11.5 Å². The van der Waals surface area contributed by atoms with Crippen LogP contribution in [0.4, 0.5) is 0 Å². The summed E-state index contributed by atoms with van der Waals surface area (Å²) in [7, 11) is 0. The Hall–Kier alpha value is -1.75. The number of benzene rings is 1. The Labute approximate surface area is 137 Å². The second kappa shape index (κ2) is 7.21. The summed E-state index contributed by atoms with van der Waals surface area (Å²) in [5.41, 5.74) is 5.96. The van der Waals surface area contributed by atoms with E-state index in [9.17, 15) is 4.79 Å². The van der Waals surface area contributed by atoms with Crippen LogP contribution < -0.4 is 15.2 Å². The van der Waals surface area contributed by atoms with Gasteiger partial charge in [0.2, 0.25) is 5.91 Å². The molecule has 1 heterocycles. The normalized spacial score (nSPS) is 26.1. The van der Waals surface area contributed by atoms with Crippen molar-refractivity contribution in [1.82, 2.24) is 4.90 Å². The molecule has 1 amide bonds. The molecule has 1 aliphatic heterocycles. The van der Waals surface area contributed by atoms with Gasteiger partial charge in [-0.05, 0) is 37.8 Å². The summed E-state index contributed by atoms with van der Waals surface area (Å²) in [6, 6.07) is 7.84. The number of hydrogen-bond donors (Lipinski definition) is 1. The average Bonchev–Trinajstić information content (AvgIpc) is 3.00. The first-order valence-electron chi connectivity index (χ1n) is 8.60. The zero-order valence-corrected chi connectivity index (χ0v) is 13.7. The van der Waals surface area contributed by atoms with Crippen LogP contribution in [-0.2, 0) is 4.79 Å². The van der Waals surface area contributed by atoms with E-state index in [4.69, 9.17) is 15.2 Å². The summed E-state index contributed by atoms with van der Waals surface area (Å²) < 4.78 is 11.8. The lowest BCUT2D eigenvalue weighted by molar-refractivity contribution is -0.137. The van der Waals surface area contributed by atoms with Gasteiger partial charge in [0.1, 0.15) is 6.61 Å². The van der Waals surface area contributed by atoms with Gasteiger partial charge in [-0.15, -0.1) is 0 Å². The quantitative estimate of drug-likeness (QED) is 0.904. The van der Waals surface area contributed by atoms with Crippen molar-refractivity contribution < 1.29 is 14.3 Å². The highest BCUT2D eigenvalue weighted by Crippen LogP contribution is 2.31. The Morgan fingerprint density at radius 1 is 1.30 bits per heavy atom. The minimum Gasteiger partial charge on any atom is -0.486 e. The van der Waals surface area contributed by atoms with E-state index in [0.717, 1.165) is 43.7 Å². The minimum atomic E-state index is -0.115. The molecule has 2 aliphatic rings. The molecule has 1 fully saturated rings. The third-order valence-electron chi connectivity index (χ3n) is 4.62. The van der Waals surface area contributed by atoms with E-state index in [1.54, 1.807) is 0 Å². The van der Waals surface area contributed by atoms with Crippen LogP contribution in [0.2, 0.25) is 0 Å². The van der Waals surface area contributed by atoms with E-state index in [1.807, 2.05) is 29.2 Å². The number of fused-ring (bicyclic) bond motifs is 1. The second-order valence-corrected chi connectivity index (χ2v) is 6.55. The lowest BCUT2D eigenvalue weighted by Gasteiger charge is -2.32. The zero-order chi connectivity index (χ0) is 16.2. The maximum absolute atomic E-state index is 12.8. The van der Waals surface area contributed by atoms with Gasteiger partial charge in [0, 0.05) is 18.5 Å². The summed E-state index contributed by atoms with van der Waals surface area (Å²) in [6.07, 6.45) is 3.49. The lowest BCUT2D eigenvalue weighted by Crippen LogP contribution is -2.45. The molecule has 2 N–H and O–H groups in total. The van der Waals surface area contributed by atoms with E-state index in [0.29, 0.717) is 13.2 Å². The fraction of sp³-hybridized carbons (Fsp3) is 0.611. The highest BCUT2D eigenvalue weighted by atomic mass is 16.6. The van der Waals surface area contributed by atoms with Gasteiger partial charge in [-0.3, -0.25) is 4.79 Å². The summed E-state index contributed by atoms with van der Waals surface area (Å²) in [6.45, 7) is 3.90. The number of rotatable bonds is 5. The highest BCUT2D eigenvalue weighted by molar-refractivity contribution is 5.79. The van der Waals surface area contributed by atoms with E-state index in [2.05, 4.69) is 6.92 Å². The van der Waals surface area contributed by atoms with Gasteiger partial charge >= 0.3 is 0 Å². The standard InChI is InChI=1S/C18H26N2O3/c1-2-9-20(18(21)13-7-8-14(19)10-13)11-15-12-22-16-5-3-4-6-17(16)23-15/h3-6,13-15H,2,7-12,19H2,1H3/t13-,14+,15+/m0/s1. The zero-order valence-electron chi connectivity index (χ0n) is 13.7. The Morgan fingerprint density at radius 3 is 2.78 bits per heavy atom. The Bertz CT molecular complexity index is 549. The largest absolute Gasteiger partial charge is 0.486 e. The van der Waals surface area contributed by atoms with Gasteiger partial charge < -0.3 is 20.1 Å². The number of para-hydroxylation sites is 2. The van der Waals surface area contributed by atoms with Crippen LogP contribution in [0.25, 0.3) is 0 Å². The molecule has 3 atom stereocenters. The SMILES string of the molecule is CCCN(C[C@@H]1COc2ccccc2O1)C(=O)[C@H]1CC[C@@H](N)C1. The smallest absolute Gasteiger partial charge is 0.225 e. The van der Waals surface area contributed by atoms with E-state index < -0.39 is 0 Å². The summed E-state index contributed by atoms with van der Waals surface area (Å²) in [5, 5.41) is 0. The van der Waals surface area contributed by atoms with E-state index in [1.165, 1.54) is 0 Å². The highest BCUT2D eigenvalue weighted by Gasteiger charge is 2.32. The average molecular weight is 318 g/mol. The van der Waals surface area contributed by atoms with Crippen molar-refractivity contribution >= 4 is 5.91 Å². The minimum absolute atomic E-state index is 0.0772. The molecule has 1 aromatic rings. The van der Waals surface area contributed by atoms with Crippen molar-refractivity contribution in [3.63, 3.8) is 0 Å². The summed E-state index contributed by atoms with van der Waals surface area (Å²) in [5.74, 6) is 1.84. The fourth-order valence-electron chi connectivity index (χ4n) is 3.46. The van der Waals surface area contributed by atoms with Crippen molar-refractivity contribution in [2.45, 2.75) is 44.8 Å². The van der Waals surface area contributed by atoms with Crippen molar-refractivity contribution in [1.29, 1.82) is 0 Å². The molecule has 5 nitrogen and oxygen atoms in total. The predicted octanol–water partition coefficient (Wildman–Crippen LogP) is 2.19. The number of hydrogen-bond acceptors (Lipinski definition) is 4. The Balaban J connectivity index is 1.62. The van der Waals surface area contributed by atoms with Gasteiger partial charge in [0.25, 0.3) is 0 Å². The van der Waals surface area contributed by atoms with Crippen LogP contribution in [0.1, 0.15) is 32.6 Å². The number of nitrogens with zero attached hydrogens (tertiary/aromatic N) is 1. The molecule has 5 heteroatoms. The molecule has 1 aliphatic carbocycles. The number of nitrogens with two attached hydrogens (primary N) is 1. The van der Waals surface area contributed by atoms with Crippen molar-refractivity contribution in [2.24, 2.45) is 11.7 Å². The van der Waals surface area contributed by atoms with Crippen LogP contribution >= 0.6 is 0 Å². The molecule has 126 valence electrons. The van der Waals surface area contributed by atoms with Crippen molar-refractivity contribution in [3.05, 3.63) is 24.3 Å². The molecule has 0 bridgehead atoms. The molecular formula is C18H26N2O3. The number of carbonyl (C=O) groups excluding carboxylic acids is 1. The Morgan fingerprint density at radius 2 is 2.09 bits per heavy atom. The van der Waals surface area contributed by atoms with Gasteiger partial charge in [-0.1, -0.05) is 19.1 Å². The van der Waals surface area contributed by atoms with Crippen LogP contribution in [0.15, 0.2) is 24.3 Å². The number of ether oxygens (including phenoxy) is 2.